The molecule has 2 rings (SSSR count). The molecule has 76 valence electrons. The molecule has 0 unspecified atom stereocenters. The lowest BCUT2D eigenvalue weighted by molar-refractivity contribution is 0.300. The lowest BCUT2D eigenvalue weighted by Gasteiger charge is -1.99. The minimum absolute atomic E-state index is 0.523. The molecule has 2 heteroatoms. The van der Waals surface area contributed by atoms with Crippen LogP contribution in [0.25, 0.3) is 16.8 Å². The predicted octanol–water partition coefficient (Wildman–Crippen LogP) is 3.14. The topological polar surface area (TPSA) is 20.2 Å². The summed E-state index contributed by atoms with van der Waals surface area (Å²) in [6.07, 6.45) is 1.34. The average molecular weight is 202 g/mol. The molecule has 0 bridgehead atoms. The number of rotatable bonds is 2. The summed E-state index contributed by atoms with van der Waals surface area (Å²) in [4.78, 5) is 0. The van der Waals surface area contributed by atoms with Gasteiger partial charge in [-0.25, -0.2) is 4.39 Å². The van der Waals surface area contributed by atoms with Crippen molar-refractivity contribution in [2.75, 3.05) is 6.61 Å². The van der Waals surface area contributed by atoms with Gasteiger partial charge in [0.15, 0.2) is 0 Å². The molecule has 0 aliphatic heterocycles. The molecule has 0 radical (unpaired) electrons. The summed E-state index contributed by atoms with van der Waals surface area (Å²) >= 11 is 0. The number of halogens is 1. The summed E-state index contributed by atoms with van der Waals surface area (Å²) in [6.45, 7) is -0.549. The Morgan fingerprint density at radius 2 is 1.87 bits per heavy atom. The van der Waals surface area contributed by atoms with Crippen molar-refractivity contribution in [3.63, 3.8) is 0 Å². The molecule has 0 saturated heterocycles. The first-order chi connectivity index (χ1) is 7.29. The van der Waals surface area contributed by atoms with Gasteiger partial charge in [0.25, 0.3) is 0 Å². The van der Waals surface area contributed by atoms with Gasteiger partial charge in [0.05, 0.1) is 6.61 Å². The molecule has 2 aromatic carbocycles. The Morgan fingerprint density at radius 3 is 2.60 bits per heavy atom. The Hall–Kier alpha value is -1.67. The van der Waals surface area contributed by atoms with Crippen molar-refractivity contribution in [1.29, 1.82) is 0 Å². The Labute approximate surface area is 87.5 Å². The fourth-order valence-electron chi connectivity index (χ4n) is 1.52. The van der Waals surface area contributed by atoms with Crippen molar-refractivity contribution in [2.45, 2.75) is 0 Å². The number of aliphatic hydroxyl groups excluding tert-OH is 1. The summed E-state index contributed by atoms with van der Waals surface area (Å²) in [7, 11) is 0. The van der Waals surface area contributed by atoms with Crippen molar-refractivity contribution in [3.05, 3.63) is 53.9 Å². The Morgan fingerprint density at radius 1 is 1.13 bits per heavy atom. The van der Waals surface area contributed by atoms with E-state index in [1.54, 1.807) is 0 Å². The maximum absolute atomic E-state index is 12.8. The lowest BCUT2D eigenvalue weighted by atomic mass is 10.1. The highest BCUT2D eigenvalue weighted by Crippen LogP contribution is 2.17. The number of benzene rings is 2. The monoisotopic (exact) mass is 202 g/mol. The third kappa shape index (κ3) is 2.22. The molecular weight excluding hydrogens is 191 g/mol. The van der Waals surface area contributed by atoms with Crippen LogP contribution in [0.15, 0.2) is 48.3 Å². The molecule has 15 heavy (non-hydrogen) atoms. The minimum Gasteiger partial charge on any atom is -0.389 e. The molecule has 0 fully saturated rings. The molecule has 0 aliphatic carbocycles. The summed E-state index contributed by atoms with van der Waals surface area (Å²) in [5.74, 6) is -0.523. The summed E-state index contributed by atoms with van der Waals surface area (Å²) < 4.78 is 12.8. The average Bonchev–Trinajstić information content (AvgIpc) is 2.29. The van der Waals surface area contributed by atoms with E-state index >= 15 is 0 Å². The molecule has 2 aromatic rings. The molecule has 0 spiro atoms. The van der Waals surface area contributed by atoms with Crippen molar-refractivity contribution in [2.24, 2.45) is 0 Å². The Kier molecular flexibility index (Phi) is 2.79. The Balaban J connectivity index is 2.47. The van der Waals surface area contributed by atoms with Crippen LogP contribution in [-0.4, -0.2) is 11.7 Å². The van der Waals surface area contributed by atoms with Crippen LogP contribution in [0.3, 0.4) is 0 Å². The summed E-state index contributed by atoms with van der Waals surface area (Å²) in [5.41, 5.74) is 0.764. The van der Waals surface area contributed by atoms with Crippen LogP contribution < -0.4 is 0 Å². The standard InChI is InChI=1S/C13H11FO/c14-13(9-15)8-10-5-6-11-3-1-2-4-12(11)7-10/h1-8,15H,9H2/b13-8-. The second-order valence-electron chi connectivity index (χ2n) is 3.36. The molecule has 0 saturated carbocycles. The molecule has 0 aromatic heterocycles. The molecule has 0 atom stereocenters. The first kappa shape index (κ1) is 9.87. The second-order valence-corrected chi connectivity index (χ2v) is 3.36. The van der Waals surface area contributed by atoms with Crippen LogP contribution in [0.2, 0.25) is 0 Å². The van der Waals surface area contributed by atoms with E-state index in [2.05, 4.69) is 0 Å². The smallest absolute Gasteiger partial charge is 0.126 e. The van der Waals surface area contributed by atoms with E-state index in [0.29, 0.717) is 0 Å². The zero-order chi connectivity index (χ0) is 10.7. The largest absolute Gasteiger partial charge is 0.389 e. The highest BCUT2D eigenvalue weighted by atomic mass is 19.1. The number of fused-ring (bicyclic) bond motifs is 1. The predicted molar refractivity (Wildman–Crippen MR) is 60.1 cm³/mol. The third-order valence-electron chi connectivity index (χ3n) is 2.25. The zero-order valence-electron chi connectivity index (χ0n) is 8.15. The number of hydrogen-bond donors (Lipinski definition) is 1. The van der Waals surface area contributed by atoms with E-state index in [9.17, 15) is 4.39 Å². The third-order valence-corrected chi connectivity index (χ3v) is 2.25. The molecule has 1 nitrogen and oxygen atoms in total. The van der Waals surface area contributed by atoms with E-state index in [1.165, 1.54) is 6.08 Å². The maximum Gasteiger partial charge on any atom is 0.126 e. The van der Waals surface area contributed by atoms with E-state index in [1.807, 2.05) is 42.5 Å². The minimum atomic E-state index is -0.549. The highest BCUT2D eigenvalue weighted by Gasteiger charge is 1.95. The first-order valence-electron chi connectivity index (χ1n) is 4.75. The summed E-state index contributed by atoms with van der Waals surface area (Å²) in [5, 5.41) is 10.8. The van der Waals surface area contributed by atoms with Crippen LogP contribution in [0, 0.1) is 0 Å². The number of hydrogen-bond acceptors (Lipinski definition) is 1. The van der Waals surface area contributed by atoms with Gasteiger partial charge in [-0.3, -0.25) is 0 Å². The van der Waals surface area contributed by atoms with Crippen molar-refractivity contribution in [3.8, 4) is 0 Å². The molecule has 0 aliphatic rings. The van der Waals surface area contributed by atoms with Crippen molar-refractivity contribution < 1.29 is 9.50 Å². The van der Waals surface area contributed by atoms with E-state index in [0.717, 1.165) is 16.3 Å². The first-order valence-corrected chi connectivity index (χ1v) is 4.75. The van der Waals surface area contributed by atoms with Crippen LogP contribution >= 0.6 is 0 Å². The van der Waals surface area contributed by atoms with Gasteiger partial charge in [-0.1, -0.05) is 36.4 Å². The van der Waals surface area contributed by atoms with E-state index in [-0.39, 0.29) is 0 Å². The van der Waals surface area contributed by atoms with Gasteiger partial charge in [-0.15, -0.1) is 0 Å². The van der Waals surface area contributed by atoms with Gasteiger partial charge in [0.1, 0.15) is 5.83 Å². The van der Waals surface area contributed by atoms with Crippen LogP contribution in [-0.2, 0) is 0 Å². The Bertz CT molecular complexity index is 503. The highest BCUT2D eigenvalue weighted by molar-refractivity contribution is 5.84. The van der Waals surface area contributed by atoms with Gasteiger partial charge >= 0.3 is 0 Å². The van der Waals surface area contributed by atoms with Crippen LogP contribution in [0.1, 0.15) is 5.56 Å². The maximum atomic E-state index is 12.8. The quantitative estimate of drug-likeness (QED) is 0.793. The number of aliphatic hydroxyl groups is 1. The molecule has 0 amide bonds. The van der Waals surface area contributed by atoms with Gasteiger partial charge in [-0.05, 0) is 28.5 Å². The van der Waals surface area contributed by atoms with Gasteiger partial charge in [-0.2, -0.15) is 0 Å². The normalized spacial score (nSPS) is 12.0. The van der Waals surface area contributed by atoms with Crippen LogP contribution in [0.5, 0.6) is 0 Å². The summed E-state index contributed by atoms with van der Waals surface area (Å²) in [6, 6.07) is 13.5. The van der Waals surface area contributed by atoms with Crippen LogP contribution in [0.4, 0.5) is 4.39 Å². The van der Waals surface area contributed by atoms with Gasteiger partial charge in [0, 0.05) is 0 Å². The SMILES string of the molecule is OC/C(F)=C/c1ccc2ccccc2c1. The lowest BCUT2D eigenvalue weighted by Crippen LogP contribution is -1.82. The van der Waals surface area contributed by atoms with Gasteiger partial charge in [0.2, 0.25) is 0 Å². The van der Waals surface area contributed by atoms with Gasteiger partial charge < -0.3 is 5.11 Å². The van der Waals surface area contributed by atoms with E-state index < -0.39 is 12.4 Å². The fourth-order valence-corrected chi connectivity index (χ4v) is 1.52. The zero-order valence-corrected chi connectivity index (χ0v) is 8.15. The van der Waals surface area contributed by atoms with Crippen molar-refractivity contribution in [1.82, 2.24) is 0 Å². The van der Waals surface area contributed by atoms with Crippen molar-refractivity contribution >= 4 is 16.8 Å². The molecule has 1 N–H and O–H groups in total. The fraction of sp³-hybridized carbons (Fsp3) is 0.0769. The van der Waals surface area contributed by atoms with E-state index in [4.69, 9.17) is 5.11 Å². The molecular formula is C13H11FO. The second kappa shape index (κ2) is 4.24. The molecule has 0 heterocycles.